The Morgan fingerprint density at radius 3 is 2.29 bits per heavy atom. The van der Waals surface area contributed by atoms with Crippen molar-refractivity contribution in [1.29, 1.82) is 0 Å². The minimum atomic E-state index is 0.246. The van der Waals surface area contributed by atoms with E-state index in [9.17, 15) is 0 Å². The SMILES string of the molecule is C=CCCCC(NN)c1ccc(C(C)C)cc1. The van der Waals surface area contributed by atoms with E-state index in [0.717, 1.165) is 19.3 Å². The van der Waals surface area contributed by atoms with Gasteiger partial charge in [-0.1, -0.05) is 44.2 Å². The van der Waals surface area contributed by atoms with Crippen molar-refractivity contribution in [2.24, 2.45) is 5.84 Å². The van der Waals surface area contributed by atoms with E-state index in [1.807, 2.05) is 6.08 Å². The first-order valence-corrected chi connectivity index (χ1v) is 6.36. The average molecular weight is 232 g/mol. The van der Waals surface area contributed by atoms with Gasteiger partial charge < -0.3 is 0 Å². The Kier molecular flexibility index (Phi) is 5.95. The number of unbranched alkanes of at least 4 members (excludes halogenated alkanes) is 1. The summed E-state index contributed by atoms with van der Waals surface area (Å²) >= 11 is 0. The quantitative estimate of drug-likeness (QED) is 0.326. The zero-order valence-corrected chi connectivity index (χ0v) is 10.9. The molecule has 2 heteroatoms. The molecule has 0 aromatic heterocycles. The molecule has 0 amide bonds. The lowest BCUT2D eigenvalue weighted by atomic mass is 9.97. The average Bonchev–Trinajstić information content (AvgIpc) is 2.35. The first kappa shape index (κ1) is 13.9. The molecule has 2 nitrogen and oxygen atoms in total. The fourth-order valence-electron chi connectivity index (χ4n) is 1.93. The molecular formula is C15H24N2. The predicted molar refractivity (Wildman–Crippen MR) is 74.6 cm³/mol. The summed E-state index contributed by atoms with van der Waals surface area (Å²) in [5, 5.41) is 0. The van der Waals surface area contributed by atoms with Gasteiger partial charge in [-0.25, -0.2) is 0 Å². The number of benzene rings is 1. The highest BCUT2D eigenvalue weighted by atomic mass is 15.2. The van der Waals surface area contributed by atoms with Crippen molar-refractivity contribution in [2.45, 2.75) is 45.1 Å². The maximum Gasteiger partial charge on any atom is 0.0460 e. The van der Waals surface area contributed by atoms with E-state index in [-0.39, 0.29) is 6.04 Å². The van der Waals surface area contributed by atoms with Gasteiger partial charge in [0.25, 0.3) is 0 Å². The number of hydrogen-bond acceptors (Lipinski definition) is 2. The smallest absolute Gasteiger partial charge is 0.0460 e. The van der Waals surface area contributed by atoms with Gasteiger partial charge in [0.1, 0.15) is 0 Å². The molecule has 0 saturated heterocycles. The van der Waals surface area contributed by atoms with Crippen LogP contribution in [0.5, 0.6) is 0 Å². The van der Waals surface area contributed by atoms with Crippen molar-refractivity contribution in [2.75, 3.05) is 0 Å². The molecule has 0 spiro atoms. The summed E-state index contributed by atoms with van der Waals surface area (Å²) < 4.78 is 0. The van der Waals surface area contributed by atoms with Gasteiger partial charge >= 0.3 is 0 Å². The van der Waals surface area contributed by atoms with Crippen LogP contribution >= 0.6 is 0 Å². The van der Waals surface area contributed by atoms with Gasteiger partial charge in [0, 0.05) is 6.04 Å². The van der Waals surface area contributed by atoms with E-state index in [2.05, 4.69) is 50.1 Å². The van der Waals surface area contributed by atoms with Crippen LogP contribution < -0.4 is 11.3 Å². The van der Waals surface area contributed by atoms with Crippen LogP contribution in [-0.4, -0.2) is 0 Å². The second-order valence-electron chi connectivity index (χ2n) is 4.76. The summed E-state index contributed by atoms with van der Waals surface area (Å²) in [6.07, 6.45) is 5.16. The van der Waals surface area contributed by atoms with Crippen LogP contribution in [0.2, 0.25) is 0 Å². The molecule has 0 aliphatic heterocycles. The van der Waals surface area contributed by atoms with E-state index < -0.39 is 0 Å². The predicted octanol–water partition coefficient (Wildman–Crippen LogP) is 3.67. The fourth-order valence-corrected chi connectivity index (χ4v) is 1.93. The molecular weight excluding hydrogens is 208 g/mol. The second kappa shape index (κ2) is 7.25. The zero-order valence-electron chi connectivity index (χ0n) is 10.9. The lowest BCUT2D eigenvalue weighted by Gasteiger charge is -2.17. The summed E-state index contributed by atoms with van der Waals surface area (Å²) in [6, 6.07) is 8.98. The molecule has 1 atom stereocenters. The minimum absolute atomic E-state index is 0.246. The molecule has 1 unspecified atom stereocenters. The van der Waals surface area contributed by atoms with Crippen LogP contribution in [0.15, 0.2) is 36.9 Å². The third-order valence-corrected chi connectivity index (χ3v) is 3.11. The Morgan fingerprint density at radius 1 is 1.24 bits per heavy atom. The standard InChI is InChI=1S/C15H24N2/c1-4-5-6-7-15(17-16)14-10-8-13(9-11-14)12(2)3/h4,8-12,15,17H,1,5-7,16H2,2-3H3. The van der Waals surface area contributed by atoms with Crippen molar-refractivity contribution in [3.8, 4) is 0 Å². The minimum Gasteiger partial charge on any atom is -0.271 e. The van der Waals surface area contributed by atoms with Gasteiger partial charge in [0.05, 0.1) is 0 Å². The number of hydrazine groups is 1. The lowest BCUT2D eigenvalue weighted by Crippen LogP contribution is -2.27. The van der Waals surface area contributed by atoms with Crippen LogP contribution in [0, 0.1) is 0 Å². The normalized spacial score (nSPS) is 12.7. The molecule has 1 aromatic carbocycles. The van der Waals surface area contributed by atoms with E-state index >= 15 is 0 Å². The number of hydrogen-bond donors (Lipinski definition) is 2. The van der Waals surface area contributed by atoms with Crippen molar-refractivity contribution in [1.82, 2.24) is 5.43 Å². The monoisotopic (exact) mass is 232 g/mol. The maximum absolute atomic E-state index is 5.61. The molecule has 0 fully saturated rings. The number of nitrogens with one attached hydrogen (secondary N) is 1. The highest BCUT2D eigenvalue weighted by Gasteiger charge is 2.09. The van der Waals surface area contributed by atoms with Crippen LogP contribution in [0.1, 0.15) is 56.2 Å². The molecule has 0 bridgehead atoms. The molecule has 17 heavy (non-hydrogen) atoms. The molecule has 1 rings (SSSR count). The summed E-state index contributed by atoms with van der Waals surface area (Å²) in [4.78, 5) is 0. The summed E-state index contributed by atoms with van der Waals surface area (Å²) in [5.74, 6) is 6.19. The van der Waals surface area contributed by atoms with E-state index in [1.54, 1.807) is 0 Å². The highest BCUT2D eigenvalue weighted by Crippen LogP contribution is 2.21. The highest BCUT2D eigenvalue weighted by molar-refractivity contribution is 5.26. The van der Waals surface area contributed by atoms with Gasteiger partial charge in [0.15, 0.2) is 0 Å². The van der Waals surface area contributed by atoms with Crippen molar-refractivity contribution in [3.63, 3.8) is 0 Å². The van der Waals surface area contributed by atoms with Crippen molar-refractivity contribution < 1.29 is 0 Å². The Morgan fingerprint density at radius 2 is 1.82 bits per heavy atom. The molecule has 0 heterocycles. The summed E-state index contributed by atoms with van der Waals surface area (Å²) in [6.45, 7) is 8.15. The third kappa shape index (κ3) is 4.33. The fraction of sp³-hybridized carbons (Fsp3) is 0.467. The van der Waals surface area contributed by atoms with Crippen LogP contribution in [0.25, 0.3) is 0 Å². The van der Waals surface area contributed by atoms with E-state index in [0.29, 0.717) is 5.92 Å². The molecule has 1 aromatic rings. The summed E-state index contributed by atoms with van der Waals surface area (Å²) in [7, 11) is 0. The van der Waals surface area contributed by atoms with Gasteiger partial charge in [-0.2, -0.15) is 0 Å². The molecule has 0 aliphatic carbocycles. The topological polar surface area (TPSA) is 38.0 Å². The Bertz CT molecular complexity index is 327. The zero-order chi connectivity index (χ0) is 12.7. The first-order chi connectivity index (χ1) is 8.19. The molecule has 0 aliphatic rings. The van der Waals surface area contributed by atoms with Gasteiger partial charge in [-0.15, -0.1) is 6.58 Å². The Labute approximate surface area is 105 Å². The van der Waals surface area contributed by atoms with Gasteiger partial charge in [-0.05, 0) is 36.3 Å². The van der Waals surface area contributed by atoms with Crippen LogP contribution in [0.3, 0.4) is 0 Å². The van der Waals surface area contributed by atoms with Crippen LogP contribution in [-0.2, 0) is 0 Å². The maximum atomic E-state index is 5.61. The van der Waals surface area contributed by atoms with Crippen LogP contribution in [0.4, 0.5) is 0 Å². The lowest BCUT2D eigenvalue weighted by molar-refractivity contribution is 0.501. The van der Waals surface area contributed by atoms with E-state index in [4.69, 9.17) is 5.84 Å². The Balaban J connectivity index is 2.64. The number of rotatable bonds is 7. The third-order valence-electron chi connectivity index (χ3n) is 3.11. The van der Waals surface area contributed by atoms with Crippen molar-refractivity contribution >= 4 is 0 Å². The molecule has 0 saturated carbocycles. The largest absolute Gasteiger partial charge is 0.271 e. The van der Waals surface area contributed by atoms with Gasteiger partial charge in [-0.3, -0.25) is 11.3 Å². The Hall–Kier alpha value is -1.12. The first-order valence-electron chi connectivity index (χ1n) is 6.36. The molecule has 0 radical (unpaired) electrons. The van der Waals surface area contributed by atoms with Gasteiger partial charge in [0.2, 0.25) is 0 Å². The molecule has 3 N–H and O–H groups in total. The molecule has 94 valence electrons. The summed E-state index contributed by atoms with van der Waals surface area (Å²) in [5.41, 5.74) is 5.53. The number of allylic oxidation sites excluding steroid dienone is 1. The van der Waals surface area contributed by atoms with Crippen molar-refractivity contribution in [3.05, 3.63) is 48.0 Å². The second-order valence-corrected chi connectivity index (χ2v) is 4.76. The van der Waals surface area contributed by atoms with E-state index in [1.165, 1.54) is 11.1 Å². The number of nitrogens with two attached hydrogens (primary N) is 1.